The second kappa shape index (κ2) is 6.71. The van der Waals surface area contributed by atoms with Crippen LogP contribution >= 0.6 is 0 Å². The highest BCUT2D eigenvalue weighted by Gasteiger charge is 2.46. The van der Waals surface area contributed by atoms with Gasteiger partial charge in [0.15, 0.2) is 0 Å². The number of aryl methyl sites for hydroxylation is 1. The topological polar surface area (TPSA) is 101 Å². The molecule has 2 aromatic heterocycles. The van der Waals surface area contributed by atoms with E-state index in [1.807, 2.05) is 36.1 Å². The molecule has 1 aromatic carbocycles. The fourth-order valence-corrected chi connectivity index (χ4v) is 4.57. The summed E-state index contributed by atoms with van der Waals surface area (Å²) in [4.78, 5) is 4.59. The number of pyridine rings is 1. The normalized spacial score (nSPS) is 25.8. The Morgan fingerprint density at radius 3 is 3.03 bits per heavy atom. The average Bonchev–Trinajstić information content (AvgIpc) is 3.31. The maximum Gasteiger partial charge on any atom is 0.131 e. The highest BCUT2D eigenvalue weighted by molar-refractivity contribution is 6.00. The summed E-state index contributed by atoms with van der Waals surface area (Å²) >= 11 is 0. The summed E-state index contributed by atoms with van der Waals surface area (Å²) in [7, 11) is 0. The number of hydrogen-bond donors (Lipinski definition) is 2. The van der Waals surface area contributed by atoms with Gasteiger partial charge in [0.2, 0.25) is 0 Å². The van der Waals surface area contributed by atoms with Gasteiger partial charge < -0.3 is 15.4 Å². The van der Waals surface area contributed by atoms with Gasteiger partial charge in [-0.25, -0.2) is 4.68 Å². The van der Waals surface area contributed by atoms with Crippen molar-refractivity contribution in [1.29, 1.82) is 5.26 Å². The van der Waals surface area contributed by atoms with Crippen LogP contribution in [0.15, 0.2) is 30.6 Å². The third-order valence-electron chi connectivity index (χ3n) is 5.95. The minimum absolute atomic E-state index is 0.204. The van der Waals surface area contributed by atoms with Crippen LogP contribution in [0.4, 0.5) is 11.4 Å². The zero-order valence-electron chi connectivity index (χ0n) is 16.5. The number of benzene rings is 1. The summed E-state index contributed by atoms with van der Waals surface area (Å²) in [6, 6.07) is 7.83. The van der Waals surface area contributed by atoms with Gasteiger partial charge in [-0.2, -0.15) is 5.26 Å². The molecule has 8 nitrogen and oxygen atoms in total. The Morgan fingerprint density at radius 1 is 1.38 bits per heavy atom. The Balaban J connectivity index is 1.59. The van der Waals surface area contributed by atoms with E-state index in [1.165, 1.54) is 0 Å². The van der Waals surface area contributed by atoms with Gasteiger partial charge in [0, 0.05) is 24.1 Å². The van der Waals surface area contributed by atoms with Crippen LogP contribution in [0.2, 0.25) is 0 Å². The van der Waals surface area contributed by atoms with E-state index in [2.05, 4.69) is 38.9 Å². The van der Waals surface area contributed by atoms with E-state index < -0.39 is 5.66 Å². The van der Waals surface area contributed by atoms with Crippen LogP contribution < -0.4 is 10.6 Å². The number of nitrogens with one attached hydrogen (secondary N) is 2. The number of aromatic nitrogens is 4. The van der Waals surface area contributed by atoms with Crippen molar-refractivity contribution < 1.29 is 4.74 Å². The van der Waals surface area contributed by atoms with Crippen molar-refractivity contribution in [3.8, 4) is 6.07 Å². The Kier molecular flexibility index (Phi) is 4.14. The molecule has 8 heteroatoms. The lowest BCUT2D eigenvalue weighted by Crippen LogP contribution is -2.54. The molecule has 0 spiro atoms. The van der Waals surface area contributed by atoms with Gasteiger partial charge in [-0.05, 0) is 44.9 Å². The highest BCUT2D eigenvalue weighted by Crippen LogP contribution is 2.45. The van der Waals surface area contributed by atoms with E-state index >= 15 is 0 Å². The molecule has 0 radical (unpaired) electrons. The van der Waals surface area contributed by atoms with Crippen LogP contribution in [0, 0.1) is 24.2 Å². The fourth-order valence-electron chi connectivity index (χ4n) is 4.57. The zero-order valence-corrected chi connectivity index (χ0v) is 16.5. The molecule has 4 heterocycles. The van der Waals surface area contributed by atoms with Gasteiger partial charge in [-0.15, -0.1) is 5.10 Å². The van der Waals surface area contributed by atoms with Gasteiger partial charge in [0.05, 0.1) is 53.1 Å². The molecule has 2 aliphatic rings. The molecule has 1 saturated heterocycles. The first-order chi connectivity index (χ1) is 14.1. The lowest BCUT2D eigenvalue weighted by Gasteiger charge is -2.42. The molecule has 3 atom stereocenters. The van der Waals surface area contributed by atoms with Gasteiger partial charge in [0.1, 0.15) is 5.66 Å². The van der Waals surface area contributed by atoms with Crippen LogP contribution in [-0.2, 0) is 11.3 Å². The van der Waals surface area contributed by atoms with Gasteiger partial charge in [-0.1, -0.05) is 5.21 Å². The molecular formula is C21H23N7O. The van der Waals surface area contributed by atoms with Gasteiger partial charge >= 0.3 is 0 Å². The quantitative estimate of drug-likeness (QED) is 0.710. The average molecular weight is 389 g/mol. The maximum atomic E-state index is 9.34. The van der Waals surface area contributed by atoms with Gasteiger partial charge in [0.25, 0.3) is 0 Å². The molecule has 2 aliphatic heterocycles. The summed E-state index contributed by atoms with van der Waals surface area (Å²) in [5.74, 6) is 0.331. The van der Waals surface area contributed by atoms with Crippen molar-refractivity contribution in [2.45, 2.75) is 45.0 Å². The zero-order chi connectivity index (χ0) is 20.0. The summed E-state index contributed by atoms with van der Waals surface area (Å²) < 4.78 is 7.69. The van der Waals surface area contributed by atoms with Crippen molar-refractivity contribution in [1.82, 2.24) is 20.0 Å². The SMILES string of the molecule is Cc1cn(CC2([C@@H]3CCO[C@H](C)C3)Nc3cnc4ccc(C#N)cc4c3N2)nn1. The molecule has 3 aromatic rings. The van der Waals surface area contributed by atoms with E-state index in [4.69, 9.17) is 4.74 Å². The predicted molar refractivity (Wildman–Crippen MR) is 109 cm³/mol. The molecule has 5 rings (SSSR count). The molecule has 0 aliphatic carbocycles. The van der Waals surface area contributed by atoms with E-state index in [0.717, 1.165) is 47.4 Å². The van der Waals surface area contributed by atoms with Crippen molar-refractivity contribution in [2.75, 3.05) is 17.2 Å². The smallest absolute Gasteiger partial charge is 0.131 e. The molecule has 0 bridgehead atoms. The lowest BCUT2D eigenvalue weighted by molar-refractivity contribution is -0.0128. The summed E-state index contributed by atoms with van der Waals surface area (Å²) in [6.45, 7) is 5.43. The molecule has 29 heavy (non-hydrogen) atoms. The third kappa shape index (κ3) is 3.08. The monoisotopic (exact) mass is 389 g/mol. The molecule has 2 N–H and O–H groups in total. The number of ether oxygens (including phenoxy) is 1. The number of nitrogens with zero attached hydrogens (tertiary/aromatic N) is 5. The van der Waals surface area contributed by atoms with Crippen LogP contribution in [0.1, 0.15) is 31.0 Å². The van der Waals surface area contributed by atoms with E-state index in [1.54, 1.807) is 6.07 Å². The van der Waals surface area contributed by atoms with Crippen molar-refractivity contribution in [3.63, 3.8) is 0 Å². The number of anilines is 2. The Labute approximate surface area is 168 Å². The van der Waals surface area contributed by atoms with Crippen LogP contribution in [0.25, 0.3) is 10.9 Å². The summed E-state index contributed by atoms with van der Waals surface area (Å²) in [6.07, 6.45) is 5.92. The van der Waals surface area contributed by atoms with Crippen LogP contribution in [-0.4, -0.2) is 38.4 Å². The van der Waals surface area contributed by atoms with Crippen LogP contribution in [0.3, 0.4) is 0 Å². The number of rotatable bonds is 3. The second-order valence-electron chi connectivity index (χ2n) is 8.07. The Bertz CT molecular complexity index is 1120. The van der Waals surface area contributed by atoms with Crippen molar-refractivity contribution >= 4 is 22.3 Å². The lowest BCUT2D eigenvalue weighted by atomic mass is 9.83. The number of hydrogen-bond acceptors (Lipinski definition) is 7. The molecule has 1 fully saturated rings. The summed E-state index contributed by atoms with van der Waals surface area (Å²) in [5.41, 5.74) is 3.89. The number of nitriles is 1. The summed E-state index contributed by atoms with van der Waals surface area (Å²) in [5, 5.41) is 26.2. The maximum absolute atomic E-state index is 9.34. The second-order valence-corrected chi connectivity index (χ2v) is 8.07. The Hall–Kier alpha value is -3.18. The highest BCUT2D eigenvalue weighted by atomic mass is 16.5. The van der Waals surface area contributed by atoms with Gasteiger partial charge in [-0.3, -0.25) is 4.98 Å². The Morgan fingerprint density at radius 2 is 2.28 bits per heavy atom. The van der Waals surface area contributed by atoms with Crippen LogP contribution in [0.5, 0.6) is 0 Å². The minimum atomic E-state index is -0.431. The first kappa shape index (κ1) is 17.9. The largest absolute Gasteiger partial charge is 0.378 e. The van der Waals surface area contributed by atoms with Crippen molar-refractivity contribution in [2.24, 2.45) is 5.92 Å². The van der Waals surface area contributed by atoms with Crippen molar-refractivity contribution in [3.05, 3.63) is 41.9 Å². The molecule has 1 unspecified atom stereocenters. The molecular weight excluding hydrogens is 366 g/mol. The fraction of sp³-hybridized carbons (Fsp3) is 0.429. The van der Waals surface area contributed by atoms with E-state index in [9.17, 15) is 5.26 Å². The molecule has 148 valence electrons. The van der Waals surface area contributed by atoms with E-state index in [-0.39, 0.29) is 6.10 Å². The number of fused-ring (bicyclic) bond motifs is 3. The standard InChI is InChI=1S/C21H23N7O/c1-13-11-28(27-26-13)12-21(16-5-6-29-14(2)7-16)24-19-10-23-18-4-3-15(9-22)8-17(18)20(19)25-21/h3-4,8,10-11,14,16,24-25H,5-7,12H2,1-2H3/t14-,16-,21?/m1/s1. The minimum Gasteiger partial charge on any atom is -0.378 e. The molecule has 0 amide bonds. The first-order valence-corrected chi connectivity index (χ1v) is 9.94. The predicted octanol–water partition coefficient (Wildman–Crippen LogP) is 3.06. The third-order valence-corrected chi connectivity index (χ3v) is 5.95. The molecule has 0 saturated carbocycles. The first-order valence-electron chi connectivity index (χ1n) is 9.94. The van der Waals surface area contributed by atoms with E-state index in [0.29, 0.717) is 18.0 Å².